The van der Waals surface area contributed by atoms with Crippen LogP contribution in [0.1, 0.15) is 39.0 Å². The second-order valence-electron chi connectivity index (χ2n) is 5.98. The summed E-state index contributed by atoms with van der Waals surface area (Å²) in [6.45, 7) is 11.0. The Morgan fingerprint density at radius 1 is 1.21 bits per heavy atom. The highest BCUT2D eigenvalue weighted by atomic mass is 19.1. The molecule has 0 unspecified atom stereocenters. The number of aryl methyl sites for hydroxylation is 1. The molecule has 0 saturated carbocycles. The summed E-state index contributed by atoms with van der Waals surface area (Å²) in [5.41, 5.74) is 3.12. The molecule has 0 atom stereocenters. The van der Waals surface area contributed by atoms with Crippen molar-refractivity contribution in [2.24, 2.45) is 0 Å². The molecule has 2 rings (SSSR count). The summed E-state index contributed by atoms with van der Waals surface area (Å²) >= 11 is 0. The summed E-state index contributed by atoms with van der Waals surface area (Å²) in [4.78, 5) is 4.52. The van der Waals surface area contributed by atoms with Gasteiger partial charge in [-0.05, 0) is 37.6 Å². The molecular weight excluding hydrogens is 239 g/mol. The first-order valence-corrected chi connectivity index (χ1v) is 6.68. The molecule has 0 spiro atoms. The van der Waals surface area contributed by atoms with Crippen LogP contribution >= 0.6 is 0 Å². The van der Waals surface area contributed by atoms with E-state index in [0.29, 0.717) is 5.52 Å². The van der Waals surface area contributed by atoms with Crippen LogP contribution < -0.4 is 5.32 Å². The molecule has 1 aromatic heterocycles. The van der Waals surface area contributed by atoms with Crippen LogP contribution in [0.15, 0.2) is 18.2 Å². The molecule has 0 aliphatic heterocycles. The average Bonchev–Trinajstić information content (AvgIpc) is 2.28. The van der Waals surface area contributed by atoms with E-state index in [-0.39, 0.29) is 11.2 Å². The third kappa shape index (κ3) is 2.70. The molecule has 3 heteroatoms. The van der Waals surface area contributed by atoms with Crippen LogP contribution in [0, 0.1) is 12.7 Å². The fraction of sp³-hybridized carbons (Fsp3) is 0.438. The lowest BCUT2D eigenvalue weighted by molar-refractivity contribution is 0.569. The maximum Gasteiger partial charge on any atom is 0.149 e. The molecule has 19 heavy (non-hydrogen) atoms. The number of anilines is 1. The van der Waals surface area contributed by atoms with Crippen molar-refractivity contribution >= 4 is 16.6 Å². The summed E-state index contributed by atoms with van der Waals surface area (Å²) in [7, 11) is 0. The summed E-state index contributed by atoms with van der Waals surface area (Å²) in [5, 5.41) is 4.16. The number of benzene rings is 1. The zero-order chi connectivity index (χ0) is 14.2. The molecule has 1 N–H and O–H groups in total. The molecule has 0 radical (unpaired) electrons. The van der Waals surface area contributed by atoms with E-state index in [1.54, 1.807) is 0 Å². The van der Waals surface area contributed by atoms with Crippen molar-refractivity contribution in [3.8, 4) is 0 Å². The van der Waals surface area contributed by atoms with Gasteiger partial charge in [-0.2, -0.15) is 0 Å². The van der Waals surface area contributed by atoms with E-state index in [4.69, 9.17) is 0 Å². The monoisotopic (exact) mass is 260 g/mol. The first kappa shape index (κ1) is 13.8. The van der Waals surface area contributed by atoms with Gasteiger partial charge < -0.3 is 5.32 Å². The third-order valence-electron chi connectivity index (χ3n) is 3.15. The van der Waals surface area contributed by atoms with Gasteiger partial charge in [0, 0.05) is 28.7 Å². The van der Waals surface area contributed by atoms with Gasteiger partial charge in [-0.25, -0.2) is 9.37 Å². The van der Waals surface area contributed by atoms with Crippen molar-refractivity contribution in [2.75, 3.05) is 11.9 Å². The van der Waals surface area contributed by atoms with Gasteiger partial charge in [0.25, 0.3) is 0 Å². The Morgan fingerprint density at radius 3 is 2.47 bits per heavy atom. The van der Waals surface area contributed by atoms with Crippen molar-refractivity contribution in [1.82, 2.24) is 4.98 Å². The van der Waals surface area contributed by atoms with Crippen molar-refractivity contribution < 1.29 is 4.39 Å². The largest absolute Gasteiger partial charge is 0.385 e. The van der Waals surface area contributed by atoms with E-state index in [9.17, 15) is 4.39 Å². The minimum atomic E-state index is -0.250. The molecule has 2 aromatic rings. The predicted molar refractivity (Wildman–Crippen MR) is 79.3 cm³/mol. The molecule has 0 aliphatic carbocycles. The van der Waals surface area contributed by atoms with Gasteiger partial charge in [0.15, 0.2) is 0 Å². The predicted octanol–water partition coefficient (Wildman–Crippen LogP) is 4.41. The Bertz CT molecular complexity index is 612. The van der Waals surface area contributed by atoms with E-state index in [0.717, 1.165) is 28.9 Å². The Balaban J connectivity index is 2.79. The maximum atomic E-state index is 14.1. The summed E-state index contributed by atoms with van der Waals surface area (Å²) in [6, 6.07) is 5.55. The van der Waals surface area contributed by atoms with Crippen LogP contribution in [0.3, 0.4) is 0 Å². The van der Waals surface area contributed by atoms with E-state index in [2.05, 4.69) is 31.1 Å². The van der Waals surface area contributed by atoms with Gasteiger partial charge in [-0.1, -0.05) is 20.8 Å². The zero-order valence-electron chi connectivity index (χ0n) is 12.3. The fourth-order valence-corrected chi connectivity index (χ4v) is 2.14. The van der Waals surface area contributed by atoms with Crippen LogP contribution in [0.25, 0.3) is 10.9 Å². The Labute approximate surface area is 114 Å². The van der Waals surface area contributed by atoms with Gasteiger partial charge in [0.2, 0.25) is 0 Å². The number of aromatic nitrogens is 1. The normalized spacial score (nSPS) is 11.9. The number of rotatable bonds is 2. The van der Waals surface area contributed by atoms with Crippen LogP contribution in [-0.2, 0) is 5.41 Å². The summed E-state index contributed by atoms with van der Waals surface area (Å²) < 4.78 is 14.1. The lowest BCUT2D eigenvalue weighted by Crippen LogP contribution is -2.15. The number of nitrogens with zero attached hydrogens (tertiary/aromatic N) is 1. The number of nitrogens with one attached hydrogen (secondary N) is 1. The average molecular weight is 260 g/mol. The van der Waals surface area contributed by atoms with Crippen LogP contribution in [0.4, 0.5) is 10.1 Å². The van der Waals surface area contributed by atoms with Crippen molar-refractivity contribution in [3.63, 3.8) is 0 Å². The molecule has 2 nitrogen and oxygen atoms in total. The van der Waals surface area contributed by atoms with E-state index in [1.807, 2.05) is 26.0 Å². The molecule has 0 saturated heterocycles. The highest BCUT2D eigenvalue weighted by Gasteiger charge is 2.19. The summed E-state index contributed by atoms with van der Waals surface area (Å²) in [6.07, 6.45) is 0. The second-order valence-corrected chi connectivity index (χ2v) is 5.98. The standard InChI is InChI=1S/C16H21FN2/c1-6-18-13-9-14(16(3,4)5)19-15-11(13)7-10(2)8-12(15)17/h7-9H,6H2,1-5H3,(H,18,19). The SMILES string of the molecule is CCNc1cc(C(C)(C)C)nc2c(F)cc(C)cc12. The third-order valence-corrected chi connectivity index (χ3v) is 3.15. The van der Waals surface area contributed by atoms with Crippen molar-refractivity contribution in [3.05, 3.63) is 35.3 Å². The van der Waals surface area contributed by atoms with E-state index < -0.39 is 0 Å². The smallest absolute Gasteiger partial charge is 0.149 e. The Morgan fingerprint density at radius 2 is 1.89 bits per heavy atom. The van der Waals surface area contributed by atoms with Crippen LogP contribution in [0.5, 0.6) is 0 Å². The number of hydrogen-bond donors (Lipinski definition) is 1. The van der Waals surface area contributed by atoms with Gasteiger partial charge in [-0.3, -0.25) is 0 Å². The molecule has 0 bridgehead atoms. The lowest BCUT2D eigenvalue weighted by Gasteiger charge is -2.20. The van der Waals surface area contributed by atoms with Gasteiger partial charge in [0.05, 0.1) is 0 Å². The Hall–Kier alpha value is -1.64. The molecule has 102 valence electrons. The van der Waals surface area contributed by atoms with Crippen molar-refractivity contribution in [2.45, 2.75) is 40.0 Å². The van der Waals surface area contributed by atoms with Crippen LogP contribution in [0.2, 0.25) is 0 Å². The zero-order valence-corrected chi connectivity index (χ0v) is 12.3. The second kappa shape index (κ2) is 4.80. The molecule has 0 fully saturated rings. The molecule has 1 aromatic carbocycles. The quantitative estimate of drug-likeness (QED) is 0.865. The summed E-state index contributed by atoms with van der Waals surface area (Å²) in [5.74, 6) is -0.250. The highest BCUT2D eigenvalue weighted by molar-refractivity contribution is 5.92. The minimum absolute atomic E-state index is 0.102. The number of hydrogen-bond acceptors (Lipinski definition) is 2. The minimum Gasteiger partial charge on any atom is -0.385 e. The van der Waals surface area contributed by atoms with Gasteiger partial charge in [-0.15, -0.1) is 0 Å². The van der Waals surface area contributed by atoms with Crippen molar-refractivity contribution in [1.29, 1.82) is 0 Å². The number of pyridine rings is 1. The molecule has 1 heterocycles. The maximum absolute atomic E-state index is 14.1. The number of fused-ring (bicyclic) bond motifs is 1. The lowest BCUT2D eigenvalue weighted by atomic mass is 9.90. The molecule has 0 aliphatic rings. The topological polar surface area (TPSA) is 24.9 Å². The fourth-order valence-electron chi connectivity index (χ4n) is 2.14. The highest BCUT2D eigenvalue weighted by Crippen LogP contribution is 2.31. The number of halogens is 1. The van der Waals surface area contributed by atoms with Gasteiger partial charge in [0.1, 0.15) is 11.3 Å². The molecule has 0 amide bonds. The molecular formula is C16H21FN2. The van der Waals surface area contributed by atoms with Gasteiger partial charge >= 0.3 is 0 Å². The Kier molecular flexibility index (Phi) is 3.48. The van der Waals surface area contributed by atoms with E-state index >= 15 is 0 Å². The van der Waals surface area contributed by atoms with Crippen LogP contribution in [-0.4, -0.2) is 11.5 Å². The van der Waals surface area contributed by atoms with E-state index in [1.165, 1.54) is 6.07 Å². The first-order valence-electron chi connectivity index (χ1n) is 6.68. The first-order chi connectivity index (χ1) is 8.82.